The maximum Gasteiger partial charge on any atom is 0.416 e. The van der Waals surface area contributed by atoms with Crippen LogP contribution in [-0.4, -0.2) is 36.6 Å². The number of halogens is 7. The minimum atomic E-state index is -4.58. The molecule has 0 spiro atoms. The van der Waals surface area contributed by atoms with Crippen molar-refractivity contribution in [1.82, 2.24) is 0 Å². The van der Waals surface area contributed by atoms with E-state index in [-0.39, 0.29) is 36.4 Å². The second-order valence-electron chi connectivity index (χ2n) is 13.6. The smallest absolute Gasteiger partial charge is 0.311 e. The van der Waals surface area contributed by atoms with Crippen LogP contribution < -0.4 is 14.7 Å². The number of anilines is 4. The molecule has 316 valence electrons. The molecule has 0 bridgehead atoms. The molecule has 8 rings (SSSR count). The van der Waals surface area contributed by atoms with Crippen molar-refractivity contribution < 1.29 is 45.5 Å². The number of alkyl halides is 6. The van der Waals surface area contributed by atoms with E-state index in [4.69, 9.17) is 0 Å². The maximum absolute atomic E-state index is 13.6. The van der Waals surface area contributed by atoms with Gasteiger partial charge in [0.2, 0.25) is 17.7 Å². The van der Waals surface area contributed by atoms with Crippen LogP contribution in [0.3, 0.4) is 0 Å². The van der Waals surface area contributed by atoms with Gasteiger partial charge in [0.15, 0.2) is 5.78 Å². The van der Waals surface area contributed by atoms with E-state index in [0.717, 1.165) is 24.3 Å². The van der Waals surface area contributed by atoms with Crippen LogP contribution >= 0.6 is 38.6 Å². The van der Waals surface area contributed by atoms with Crippen LogP contribution in [0.25, 0.3) is 0 Å². The summed E-state index contributed by atoms with van der Waals surface area (Å²) in [7, 11) is 0. The quantitative estimate of drug-likeness (QED) is 0.127. The number of rotatable bonds is 5. The Kier molecular flexibility index (Phi) is 14.0. The number of benzene rings is 4. The number of fused-ring (bicyclic) bond motifs is 2. The van der Waals surface area contributed by atoms with Gasteiger partial charge in [-0.15, -0.1) is 22.7 Å². The van der Waals surface area contributed by atoms with Gasteiger partial charge in [-0.05, 0) is 112 Å². The lowest BCUT2D eigenvalue weighted by Gasteiger charge is -2.25. The number of carbonyl (C=O) groups is 4. The first-order valence-electron chi connectivity index (χ1n) is 18.8. The van der Waals surface area contributed by atoms with E-state index in [1.165, 1.54) is 42.0 Å². The van der Waals surface area contributed by atoms with E-state index in [9.17, 15) is 45.5 Å². The van der Waals surface area contributed by atoms with Crippen molar-refractivity contribution in [3.05, 3.63) is 164 Å². The first-order chi connectivity index (χ1) is 29.0. The molecule has 0 aliphatic carbocycles. The van der Waals surface area contributed by atoms with Gasteiger partial charge >= 0.3 is 12.4 Å². The Morgan fingerprint density at radius 3 is 1.57 bits per heavy atom. The third kappa shape index (κ3) is 9.98. The summed E-state index contributed by atoms with van der Waals surface area (Å²) >= 11 is 6.21. The highest BCUT2D eigenvalue weighted by Gasteiger charge is 2.43. The summed E-state index contributed by atoms with van der Waals surface area (Å²) in [4.78, 5) is 56.6. The third-order valence-electron chi connectivity index (χ3n) is 9.82. The zero-order chi connectivity index (χ0) is 44.1. The molecule has 2 aliphatic rings. The molecule has 0 saturated carbocycles. The molecule has 4 aromatic carbocycles. The zero-order valence-electron chi connectivity index (χ0n) is 32.4. The van der Waals surface area contributed by atoms with Crippen molar-refractivity contribution in [2.45, 2.75) is 44.5 Å². The molecular formula is C45H36BrF6N3O4S2. The van der Waals surface area contributed by atoms with E-state index >= 15 is 0 Å². The summed E-state index contributed by atoms with van der Waals surface area (Å²) in [5, 5.41) is 4.22. The second-order valence-corrected chi connectivity index (χ2v) is 16.8. The fourth-order valence-electron chi connectivity index (χ4n) is 7.04. The number of hydrogen-bond donors (Lipinski definition) is 0. The highest BCUT2D eigenvalue weighted by atomic mass is 79.9. The van der Waals surface area contributed by atoms with Gasteiger partial charge in [0.05, 0.1) is 26.3 Å². The molecule has 6 aromatic rings. The molecule has 0 saturated heterocycles. The molecule has 7 nitrogen and oxygen atoms in total. The number of Topliss-reactive ketones (excluding diaryl/α,β-unsaturated/α-hetero) is 1. The van der Waals surface area contributed by atoms with Gasteiger partial charge in [0.25, 0.3) is 0 Å². The number of likely N-dealkylation sites (N-methyl/N-ethyl adjacent to an activating group) is 2. The Bertz CT molecular complexity index is 2480. The van der Waals surface area contributed by atoms with Crippen LogP contribution in [0.1, 0.15) is 53.5 Å². The average molecular weight is 941 g/mol. The lowest BCUT2D eigenvalue weighted by atomic mass is 9.91. The Morgan fingerprint density at radius 1 is 0.574 bits per heavy atom. The lowest BCUT2D eigenvalue weighted by molar-refractivity contribution is -0.138. The number of thiophene rings is 2. The van der Waals surface area contributed by atoms with Crippen molar-refractivity contribution in [2.24, 2.45) is 0 Å². The largest absolute Gasteiger partial charge is 0.416 e. The molecular weight excluding hydrogens is 905 g/mol. The van der Waals surface area contributed by atoms with Gasteiger partial charge < -0.3 is 9.80 Å². The first-order valence-corrected chi connectivity index (χ1v) is 21.3. The summed E-state index contributed by atoms with van der Waals surface area (Å²) in [5.74, 6) is -4.00. The highest BCUT2D eigenvalue weighted by Crippen LogP contribution is 2.45. The minimum Gasteiger partial charge on any atom is -0.311 e. The van der Waals surface area contributed by atoms with E-state index < -0.39 is 58.8 Å². The van der Waals surface area contributed by atoms with Gasteiger partial charge in [0, 0.05) is 25.2 Å². The minimum absolute atomic E-state index is 0.0471. The molecule has 0 radical (unpaired) electrons. The van der Waals surface area contributed by atoms with Crippen LogP contribution in [0.4, 0.5) is 48.4 Å². The summed E-state index contributed by atoms with van der Waals surface area (Å²) in [6.07, 6.45) is -9.28. The number of ketones is 1. The number of hydrogen-bond acceptors (Lipinski definition) is 6. The molecule has 2 unspecified atom stereocenters. The summed E-state index contributed by atoms with van der Waals surface area (Å²) in [6, 6.07) is 30.9. The van der Waals surface area contributed by atoms with Crippen molar-refractivity contribution in [1.29, 1.82) is 0 Å². The van der Waals surface area contributed by atoms with Crippen LogP contribution in [0.2, 0.25) is 0 Å². The van der Waals surface area contributed by atoms with Crippen LogP contribution in [0.5, 0.6) is 0 Å². The maximum atomic E-state index is 13.6. The third-order valence-corrected chi connectivity index (χ3v) is 12.2. The predicted octanol–water partition coefficient (Wildman–Crippen LogP) is 12.1. The normalized spacial score (nSPS) is 16.7. The molecule has 2 aromatic heterocycles. The Morgan fingerprint density at radius 2 is 1.08 bits per heavy atom. The summed E-state index contributed by atoms with van der Waals surface area (Å²) in [5.41, 5.74) is 0.275. The summed E-state index contributed by atoms with van der Waals surface area (Å²) < 4.78 is 80.5. The topological polar surface area (TPSA) is 78.0 Å². The molecule has 16 heteroatoms. The van der Waals surface area contributed by atoms with Crippen molar-refractivity contribution in [3.63, 3.8) is 0 Å². The van der Waals surface area contributed by atoms with E-state index in [2.05, 4.69) is 15.9 Å². The van der Waals surface area contributed by atoms with Crippen LogP contribution in [0.15, 0.2) is 136 Å². The Hall–Kier alpha value is -5.58. The predicted molar refractivity (Wildman–Crippen MR) is 230 cm³/mol. The van der Waals surface area contributed by atoms with Crippen molar-refractivity contribution in [3.8, 4) is 0 Å². The monoisotopic (exact) mass is 939 g/mol. The molecule has 61 heavy (non-hydrogen) atoms. The fraction of sp³-hybridized carbons (Fsp3) is 0.200. The fourth-order valence-corrected chi connectivity index (χ4v) is 8.71. The molecule has 0 fully saturated rings. The van der Waals surface area contributed by atoms with Gasteiger partial charge in [-0.25, -0.2) is 0 Å². The molecule has 2 aliphatic heterocycles. The van der Waals surface area contributed by atoms with E-state index in [1.54, 1.807) is 103 Å². The van der Waals surface area contributed by atoms with Crippen LogP contribution in [-0.2, 0) is 38.0 Å². The standard InChI is InChI=1S/C22H17F3N2O2S.C19H16F3NO2.C4H3BrS/c1-2-26-16-11-10-15(22(23,24)25)13-17(16)27(18-9-6-12-30-18)21(29)19(20(26)28)14-7-4-3-5-8-14;1-2-23-15-9-8-14(19(20,21)22)10-13(15)11-16(24)17(18(23)25)12-6-4-3-5-7-12;5-4-2-1-3-6-4/h3-13,19H,2H2,1H3;3-10,17H,2,11H2,1H3;1-3H. The molecule has 0 N–H and O–H groups in total. The van der Waals surface area contributed by atoms with Crippen molar-refractivity contribution >= 4 is 84.2 Å². The first kappa shape index (κ1) is 45.0. The lowest BCUT2D eigenvalue weighted by Crippen LogP contribution is -2.39. The van der Waals surface area contributed by atoms with E-state index in [1.807, 2.05) is 17.5 Å². The van der Waals surface area contributed by atoms with Gasteiger partial charge in [-0.1, -0.05) is 66.7 Å². The molecule has 3 amide bonds. The SMILES string of the molecule is Brc1cccs1.CCN1C(=O)C(c2ccccc2)C(=O)Cc2cc(C(F)(F)F)ccc21.CCN1C(=O)C(c2ccccc2)C(=O)N(c2cccs2)c2cc(C(F)(F)F)ccc21. The van der Waals surface area contributed by atoms with Crippen LogP contribution in [0, 0.1) is 0 Å². The number of carbonyl (C=O) groups excluding carboxylic acids is 4. The molecule has 2 atom stereocenters. The summed E-state index contributed by atoms with van der Waals surface area (Å²) in [6.45, 7) is 3.95. The number of nitrogens with zero attached hydrogens (tertiary/aromatic N) is 3. The Labute approximate surface area is 364 Å². The second kappa shape index (κ2) is 19.0. The average Bonchev–Trinajstić information content (AvgIpc) is 3.91. The number of amides is 3. The Balaban J connectivity index is 0.000000181. The zero-order valence-corrected chi connectivity index (χ0v) is 35.6. The highest BCUT2D eigenvalue weighted by molar-refractivity contribution is 9.11. The molecule has 4 heterocycles. The van der Waals surface area contributed by atoms with Gasteiger partial charge in [0.1, 0.15) is 16.8 Å². The van der Waals surface area contributed by atoms with E-state index in [0.29, 0.717) is 21.8 Å². The van der Waals surface area contributed by atoms with Gasteiger partial charge in [-0.3, -0.25) is 24.1 Å². The van der Waals surface area contributed by atoms with Gasteiger partial charge in [-0.2, -0.15) is 26.3 Å². The van der Waals surface area contributed by atoms with Crippen molar-refractivity contribution in [2.75, 3.05) is 27.8 Å².